The monoisotopic (exact) mass is 204 g/mol. The number of rotatable bonds is 2. The highest BCUT2D eigenvalue weighted by Crippen LogP contribution is 2.28. The van der Waals surface area contributed by atoms with Crippen LogP contribution in [0, 0.1) is 0 Å². The predicted octanol–water partition coefficient (Wildman–Crippen LogP) is 3.21. The summed E-state index contributed by atoms with van der Waals surface area (Å²) in [7, 11) is 0. The van der Waals surface area contributed by atoms with Crippen LogP contribution in [-0.2, 0) is 0 Å². The number of nitrogens with one attached hydrogen (secondary N) is 1. The summed E-state index contributed by atoms with van der Waals surface area (Å²) >= 11 is 11.7. The van der Waals surface area contributed by atoms with Gasteiger partial charge in [-0.05, 0) is 13.8 Å². The summed E-state index contributed by atoms with van der Waals surface area (Å²) in [6.45, 7) is 4.04. The van der Waals surface area contributed by atoms with Crippen molar-refractivity contribution in [2.75, 3.05) is 5.32 Å². The Morgan fingerprint density at radius 2 is 1.75 bits per heavy atom. The van der Waals surface area contributed by atoms with Crippen molar-refractivity contribution in [1.29, 1.82) is 0 Å². The molecule has 1 N–H and O–H groups in total. The molecule has 0 bridgehead atoms. The van der Waals surface area contributed by atoms with Crippen LogP contribution in [0.3, 0.4) is 0 Å². The molecule has 12 heavy (non-hydrogen) atoms. The summed E-state index contributed by atoms with van der Waals surface area (Å²) in [4.78, 5) is 3.85. The lowest BCUT2D eigenvalue weighted by Gasteiger charge is -2.12. The fourth-order valence-electron chi connectivity index (χ4n) is 0.838. The first-order chi connectivity index (χ1) is 5.61. The molecule has 0 aromatic carbocycles. The van der Waals surface area contributed by atoms with Crippen molar-refractivity contribution in [1.82, 2.24) is 4.98 Å². The van der Waals surface area contributed by atoms with E-state index in [0.29, 0.717) is 16.1 Å². The zero-order valence-electron chi connectivity index (χ0n) is 6.94. The maximum absolute atomic E-state index is 5.86. The van der Waals surface area contributed by atoms with Crippen LogP contribution in [-0.4, -0.2) is 11.0 Å². The molecular weight excluding hydrogens is 195 g/mol. The lowest BCUT2D eigenvalue weighted by molar-refractivity contribution is 0.899. The summed E-state index contributed by atoms with van der Waals surface area (Å²) in [5.74, 6) is 0. The van der Waals surface area contributed by atoms with Crippen molar-refractivity contribution in [2.45, 2.75) is 19.9 Å². The third kappa shape index (κ3) is 2.26. The van der Waals surface area contributed by atoms with Gasteiger partial charge in [-0.1, -0.05) is 23.2 Å². The Balaban J connectivity index is 2.96. The van der Waals surface area contributed by atoms with Crippen LogP contribution in [0.25, 0.3) is 0 Å². The smallest absolute Gasteiger partial charge is 0.0836 e. The molecule has 0 saturated carbocycles. The highest BCUT2D eigenvalue weighted by atomic mass is 35.5. The molecule has 1 heterocycles. The molecular formula is C8H10Cl2N2. The fourth-order valence-corrected chi connectivity index (χ4v) is 1.31. The number of nitrogens with zero attached hydrogens (tertiary/aromatic N) is 1. The third-order valence-electron chi connectivity index (χ3n) is 1.29. The molecule has 66 valence electrons. The van der Waals surface area contributed by atoms with Gasteiger partial charge in [0, 0.05) is 18.4 Å². The highest BCUT2D eigenvalue weighted by molar-refractivity contribution is 6.38. The van der Waals surface area contributed by atoms with Gasteiger partial charge in [0.25, 0.3) is 0 Å². The molecule has 0 aliphatic rings. The number of anilines is 1. The van der Waals surface area contributed by atoms with E-state index in [1.54, 1.807) is 12.4 Å². The predicted molar refractivity (Wildman–Crippen MR) is 53.0 cm³/mol. The van der Waals surface area contributed by atoms with Gasteiger partial charge in [0.1, 0.15) is 0 Å². The van der Waals surface area contributed by atoms with Gasteiger partial charge in [-0.15, -0.1) is 0 Å². The van der Waals surface area contributed by atoms with E-state index in [1.807, 2.05) is 13.8 Å². The fraction of sp³-hybridized carbons (Fsp3) is 0.375. The van der Waals surface area contributed by atoms with E-state index in [4.69, 9.17) is 23.2 Å². The topological polar surface area (TPSA) is 24.9 Å². The summed E-state index contributed by atoms with van der Waals surface area (Å²) in [6, 6.07) is 0.308. The SMILES string of the molecule is CC(C)Nc1c(Cl)cncc1Cl. The number of hydrogen-bond donors (Lipinski definition) is 1. The Kier molecular flexibility index (Phi) is 3.18. The minimum atomic E-state index is 0.308. The minimum absolute atomic E-state index is 0.308. The van der Waals surface area contributed by atoms with E-state index in [0.717, 1.165) is 5.69 Å². The zero-order valence-corrected chi connectivity index (χ0v) is 8.45. The van der Waals surface area contributed by atoms with Crippen molar-refractivity contribution in [3.05, 3.63) is 22.4 Å². The van der Waals surface area contributed by atoms with Crippen LogP contribution < -0.4 is 5.32 Å². The largest absolute Gasteiger partial charge is 0.380 e. The van der Waals surface area contributed by atoms with Crippen molar-refractivity contribution in [3.8, 4) is 0 Å². The lowest BCUT2D eigenvalue weighted by Crippen LogP contribution is -2.10. The average Bonchev–Trinajstić information content (AvgIpc) is 1.97. The maximum Gasteiger partial charge on any atom is 0.0836 e. The van der Waals surface area contributed by atoms with Gasteiger partial charge in [-0.2, -0.15) is 0 Å². The first-order valence-electron chi connectivity index (χ1n) is 3.67. The quantitative estimate of drug-likeness (QED) is 0.801. The number of pyridine rings is 1. The second kappa shape index (κ2) is 3.97. The van der Waals surface area contributed by atoms with E-state index in [-0.39, 0.29) is 0 Å². The summed E-state index contributed by atoms with van der Waals surface area (Å²) in [5, 5.41) is 4.24. The molecule has 0 unspecified atom stereocenters. The van der Waals surface area contributed by atoms with Gasteiger partial charge in [0.2, 0.25) is 0 Å². The van der Waals surface area contributed by atoms with Crippen LogP contribution >= 0.6 is 23.2 Å². The molecule has 1 rings (SSSR count). The average molecular weight is 205 g/mol. The number of aromatic nitrogens is 1. The van der Waals surface area contributed by atoms with Gasteiger partial charge in [0.05, 0.1) is 15.7 Å². The van der Waals surface area contributed by atoms with E-state index in [9.17, 15) is 0 Å². The van der Waals surface area contributed by atoms with Crippen LogP contribution in [0.1, 0.15) is 13.8 Å². The third-order valence-corrected chi connectivity index (χ3v) is 1.86. The van der Waals surface area contributed by atoms with Crippen molar-refractivity contribution in [3.63, 3.8) is 0 Å². The molecule has 0 radical (unpaired) electrons. The minimum Gasteiger partial charge on any atom is -0.380 e. The van der Waals surface area contributed by atoms with Crippen LogP contribution in [0.15, 0.2) is 12.4 Å². The molecule has 0 fully saturated rings. The van der Waals surface area contributed by atoms with Crippen LogP contribution in [0.4, 0.5) is 5.69 Å². The van der Waals surface area contributed by atoms with Crippen molar-refractivity contribution < 1.29 is 0 Å². The lowest BCUT2D eigenvalue weighted by atomic mass is 10.3. The van der Waals surface area contributed by atoms with E-state index in [2.05, 4.69) is 10.3 Å². The molecule has 0 spiro atoms. The van der Waals surface area contributed by atoms with Crippen LogP contribution in [0.5, 0.6) is 0 Å². The second-order valence-corrected chi connectivity index (χ2v) is 3.59. The molecule has 0 saturated heterocycles. The van der Waals surface area contributed by atoms with Gasteiger partial charge < -0.3 is 5.32 Å². The Morgan fingerprint density at radius 3 is 2.17 bits per heavy atom. The van der Waals surface area contributed by atoms with Crippen LogP contribution in [0.2, 0.25) is 10.0 Å². The zero-order chi connectivity index (χ0) is 9.14. The molecule has 2 nitrogen and oxygen atoms in total. The van der Waals surface area contributed by atoms with Crippen molar-refractivity contribution >= 4 is 28.9 Å². The second-order valence-electron chi connectivity index (χ2n) is 2.78. The molecule has 0 aliphatic carbocycles. The van der Waals surface area contributed by atoms with Gasteiger partial charge in [0.15, 0.2) is 0 Å². The Hall–Kier alpha value is -0.470. The molecule has 1 aromatic rings. The van der Waals surface area contributed by atoms with Gasteiger partial charge in [-0.25, -0.2) is 0 Å². The molecule has 1 aromatic heterocycles. The number of hydrogen-bond acceptors (Lipinski definition) is 2. The summed E-state index contributed by atoms with van der Waals surface area (Å²) in [6.07, 6.45) is 3.14. The van der Waals surface area contributed by atoms with E-state index < -0.39 is 0 Å². The standard InChI is InChI=1S/C8H10Cl2N2/c1-5(2)12-8-6(9)3-11-4-7(8)10/h3-5H,1-2H3,(H,11,12). The molecule has 0 amide bonds. The first-order valence-corrected chi connectivity index (χ1v) is 4.42. The molecule has 0 aliphatic heterocycles. The molecule has 4 heteroatoms. The Labute approximate surface area is 81.9 Å². The maximum atomic E-state index is 5.86. The summed E-state index contributed by atoms with van der Waals surface area (Å²) in [5.41, 5.74) is 0.753. The normalized spacial score (nSPS) is 10.4. The number of halogens is 2. The Bertz CT molecular complexity index is 254. The highest BCUT2D eigenvalue weighted by Gasteiger charge is 2.05. The van der Waals surface area contributed by atoms with E-state index >= 15 is 0 Å². The molecule has 0 atom stereocenters. The first kappa shape index (κ1) is 9.62. The van der Waals surface area contributed by atoms with Crippen molar-refractivity contribution in [2.24, 2.45) is 0 Å². The summed E-state index contributed by atoms with van der Waals surface area (Å²) < 4.78 is 0. The Morgan fingerprint density at radius 1 is 1.25 bits per heavy atom. The van der Waals surface area contributed by atoms with Gasteiger partial charge in [-0.3, -0.25) is 4.98 Å². The van der Waals surface area contributed by atoms with Gasteiger partial charge >= 0.3 is 0 Å². The van der Waals surface area contributed by atoms with E-state index in [1.165, 1.54) is 0 Å².